The number of nitrogens with two attached hydrogens (primary N) is 1. The van der Waals surface area contributed by atoms with Gasteiger partial charge in [0.1, 0.15) is 12.1 Å². The lowest BCUT2D eigenvalue weighted by Gasteiger charge is -2.05. The van der Waals surface area contributed by atoms with Crippen LogP contribution in [0.4, 0.5) is 10.1 Å². The molecule has 11 heteroatoms. The van der Waals surface area contributed by atoms with E-state index in [-0.39, 0.29) is 16.7 Å². The Hall–Kier alpha value is -2.33. The van der Waals surface area contributed by atoms with Crippen molar-refractivity contribution in [2.75, 3.05) is 16.9 Å². The van der Waals surface area contributed by atoms with Gasteiger partial charge in [0.15, 0.2) is 0 Å². The van der Waals surface area contributed by atoms with E-state index in [1.54, 1.807) is 0 Å². The third-order valence-electron chi connectivity index (χ3n) is 2.65. The predicted octanol–water partition coefficient (Wildman–Crippen LogP) is 1.16. The van der Waals surface area contributed by atoms with Crippen molar-refractivity contribution in [2.24, 2.45) is 0 Å². The lowest BCUT2D eigenvalue weighted by molar-refractivity contribution is -0.113. The Morgan fingerprint density at radius 1 is 1.45 bits per heavy atom. The molecule has 8 nitrogen and oxygen atoms in total. The zero-order valence-corrected chi connectivity index (χ0v) is 12.5. The summed E-state index contributed by atoms with van der Waals surface area (Å²) in [6, 6.07) is 3.95. The van der Waals surface area contributed by atoms with Crippen LogP contribution in [0.1, 0.15) is 0 Å². The number of aromatic nitrogens is 5. The number of amides is 1. The van der Waals surface area contributed by atoms with E-state index in [2.05, 4.69) is 20.6 Å². The van der Waals surface area contributed by atoms with Gasteiger partial charge in [-0.05, 0) is 18.2 Å². The van der Waals surface area contributed by atoms with Crippen LogP contribution in [-0.4, -0.2) is 36.1 Å². The molecular weight excluding hydrogens is 333 g/mol. The predicted molar refractivity (Wildman–Crippen MR) is 79.7 cm³/mol. The van der Waals surface area contributed by atoms with Crippen molar-refractivity contribution in [3.05, 3.63) is 35.4 Å². The topological polar surface area (TPSA) is 103 Å². The number of benzene rings is 1. The number of nitrogen functional groups attached to an aromatic ring is 1. The molecule has 0 saturated carbocycles. The maximum Gasteiger partial charge on any atom is 0.273 e. The fourth-order valence-electron chi connectivity index (χ4n) is 1.67. The van der Waals surface area contributed by atoms with Crippen LogP contribution in [0.3, 0.4) is 0 Å². The number of hydrogen-bond donors (Lipinski definition) is 2. The van der Waals surface area contributed by atoms with Crippen molar-refractivity contribution in [3.8, 4) is 0 Å². The van der Waals surface area contributed by atoms with Gasteiger partial charge in [0.25, 0.3) is 5.78 Å². The Balaban J connectivity index is 1.63. The third kappa shape index (κ3) is 2.83. The summed E-state index contributed by atoms with van der Waals surface area (Å²) >= 11 is 6.79. The highest BCUT2D eigenvalue weighted by molar-refractivity contribution is 7.99. The monoisotopic (exact) mass is 341 g/mol. The van der Waals surface area contributed by atoms with Gasteiger partial charge in [0.05, 0.1) is 10.8 Å². The normalized spacial score (nSPS) is 11.0. The first-order valence-corrected chi connectivity index (χ1v) is 7.32. The Morgan fingerprint density at radius 2 is 2.27 bits per heavy atom. The second-order valence-electron chi connectivity index (χ2n) is 4.20. The van der Waals surface area contributed by atoms with Crippen molar-refractivity contribution in [1.82, 2.24) is 24.5 Å². The van der Waals surface area contributed by atoms with E-state index in [1.807, 2.05) is 0 Å². The maximum atomic E-state index is 13.0. The number of hydrogen-bond acceptors (Lipinski definition) is 6. The quantitative estimate of drug-likeness (QED) is 0.545. The number of anilines is 1. The van der Waals surface area contributed by atoms with E-state index < -0.39 is 5.82 Å². The number of thioether (sulfide) groups is 1. The van der Waals surface area contributed by atoms with Gasteiger partial charge in [0.2, 0.25) is 11.1 Å². The number of carbonyl (C=O) groups is 1. The summed E-state index contributed by atoms with van der Waals surface area (Å²) < 4.78 is 15.7. The average molecular weight is 342 g/mol. The number of fused-ring (bicyclic) bond motifs is 1. The zero-order valence-electron chi connectivity index (χ0n) is 10.9. The molecule has 0 atom stereocenters. The Kier molecular flexibility index (Phi) is 3.86. The molecule has 3 rings (SSSR count). The number of halogens is 2. The summed E-state index contributed by atoms with van der Waals surface area (Å²) in [4.78, 5) is 11.9. The molecule has 3 aromatic rings. The zero-order chi connectivity index (χ0) is 15.7. The van der Waals surface area contributed by atoms with Gasteiger partial charge in [-0.3, -0.25) is 4.79 Å². The second kappa shape index (κ2) is 5.81. The van der Waals surface area contributed by atoms with E-state index in [4.69, 9.17) is 17.4 Å². The Morgan fingerprint density at radius 3 is 3.05 bits per heavy atom. The summed E-state index contributed by atoms with van der Waals surface area (Å²) in [6.07, 6.45) is 1.38. The number of rotatable bonds is 4. The fourth-order valence-corrected chi connectivity index (χ4v) is 2.53. The van der Waals surface area contributed by atoms with Gasteiger partial charge < -0.3 is 11.2 Å². The fraction of sp³-hybridized carbons (Fsp3) is 0.0909. The standard InChI is InChI=1S/C11H9ClFN7OS/c12-7-3-6(1-2-8(7)13)16-9(21)4-22-11-18-17-10-19(14)5-15-20(10)11/h1-3,5H,4,14H2,(H,16,21). The van der Waals surface area contributed by atoms with Crippen LogP contribution in [0.5, 0.6) is 0 Å². The summed E-state index contributed by atoms with van der Waals surface area (Å²) in [7, 11) is 0. The van der Waals surface area contributed by atoms with E-state index in [0.29, 0.717) is 16.6 Å². The highest BCUT2D eigenvalue weighted by Gasteiger charge is 2.13. The second-order valence-corrected chi connectivity index (χ2v) is 5.55. The van der Waals surface area contributed by atoms with Crippen LogP contribution in [0.2, 0.25) is 5.02 Å². The van der Waals surface area contributed by atoms with Crippen molar-refractivity contribution >= 4 is 40.7 Å². The molecule has 0 aliphatic carbocycles. The van der Waals surface area contributed by atoms with Crippen LogP contribution in [0.15, 0.2) is 29.7 Å². The summed E-state index contributed by atoms with van der Waals surface area (Å²) in [6.45, 7) is 0. The van der Waals surface area contributed by atoms with Crippen molar-refractivity contribution in [2.45, 2.75) is 5.16 Å². The number of nitrogens with zero attached hydrogens (tertiary/aromatic N) is 5. The molecular formula is C11H9ClFN7OS. The van der Waals surface area contributed by atoms with E-state index in [1.165, 1.54) is 33.7 Å². The van der Waals surface area contributed by atoms with Crippen LogP contribution in [-0.2, 0) is 4.79 Å². The van der Waals surface area contributed by atoms with Crippen molar-refractivity contribution in [1.29, 1.82) is 0 Å². The van der Waals surface area contributed by atoms with Crippen LogP contribution in [0.25, 0.3) is 5.78 Å². The van der Waals surface area contributed by atoms with E-state index >= 15 is 0 Å². The van der Waals surface area contributed by atoms with Crippen molar-refractivity contribution < 1.29 is 9.18 Å². The van der Waals surface area contributed by atoms with Gasteiger partial charge in [-0.2, -0.15) is 9.61 Å². The van der Waals surface area contributed by atoms with Gasteiger partial charge in [-0.1, -0.05) is 23.4 Å². The molecule has 1 amide bonds. The maximum absolute atomic E-state index is 13.0. The summed E-state index contributed by atoms with van der Waals surface area (Å²) in [5, 5.41) is 14.7. The third-order valence-corrected chi connectivity index (χ3v) is 3.86. The van der Waals surface area contributed by atoms with Gasteiger partial charge >= 0.3 is 0 Å². The molecule has 22 heavy (non-hydrogen) atoms. The molecule has 0 aliphatic heterocycles. The molecule has 0 saturated heterocycles. The van der Waals surface area contributed by atoms with Crippen LogP contribution in [0, 0.1) is 5.82 Å². The Labute approximate surface area is 132 Å². The lowest BCUT2D eigenvalue weighted by Crippen LogP contribution is -2.14. The highest BCUT2D eigenvalue weighted by atomic mass is 35.5. The summed E-state index contributed by atoms with van der Waals surface area (Å²) in [5.74, 6) is 5.18. The van der Waals surface area contributed by atoms with Crippen LogP contribution < -0.4 is 11.2 Å². The molecule has 2 aromatic heterocycles. The van der Waals surface area contributed by atoms with Gasteiger partial charge in [0, 0.05) is 5.69 Å². The minimum atomic E-state index is -0.544. The molecule has 0 bridgehead atoms. The molecule has 3 N–H and O–H groups in total. The van der Waals surface area contributed by atoms with Gasteiger partial charge in [-0.15, -0.1) is 10.2 Å². The first kappa shape index (κ1) is 14.6. The molecule has 0 unspecified atom stereocenters. The van der Waals surface area contributed by atoms with Crippen LogP contribution >= 0.6 is 23.4 Å². The molecule has 0 aliphatic rings. The minimum absolute atomic E-state index is 0.0573. The number of nitrogens with one attached hydrogen (secondary N) is 1. The Bertz CT molecular complexity index is 848. The first-order chi connectivity index (χ1) is 10.5. The number of carbonyl (C=O) groups excluding carboxylic acids is 1. The molecule has 2 heterocycles. The van der Waals surface area contributed by atoms with E-state index in [9.17, 15) is 9.18 Å². The van der Waals surface area contributed by atoms with Gasteiger partial charge in [-0.25, -0.2) is 9.07 Å². The average Bonchev–Trinajstić information content (AvgIpc) is 3.04. The molecule has 0 radical (unpaired) electrons. The summed E-state index contributed by atoms with van der Waals surface area (Å²) in [5.41, 5.74) is 0.412. The lowest BCUT2D eigenvalue weighted by atomic mass is 10.3. The molecule has 0 spiro atoms. The first-order valence-electron chi connectivity index (χ1n) is 5.96. The minimum Gasteiger partial charge on any atom is -0.335 e. The van der Waals surface area contributed by atoms with E-state index in [0.717, 1.165) is 11.8 Å². The van der Waals surface area contributed by atoms with Crippen molar-refractivity contribution in [3.63, 3.8) is 0 Å². The molecule has 1 aromatic carbocycles. The SMILES string of the molecule is Nn1cnn2c(SCC(=O)Nc3ccc(F)c(Cl)c3)nnc12. The molecule has 114 valence electrons. The largest absolute Gasteiger partial charge is 0.335 e. The highest BCUT2D eigenvalue weighted by Crippen LogP contribution is 2.20. The smallest absolute Gasteiger partial charge is 0.273 e. The molecule has 0 fully saturated rings.